The van der Waals surface area contributed by atoms with Gasteiger partial charge in [0.05, 0.1) is 0 Å². The van der Waals surface area contributed by atoms with Crippen molar-refractivity contribution >= 4 is 27.6 Å². The van der Waals surface area contributed by atoms with Crippen LogP contribution in [0.2, 0.25) is 0 Å². The van der Waals surface area contributed by atoms with Gasteiger partial charge in [-0.2, -0.15) is 0 Å². The fraction of sp³-hybridized carbons (Fsp3) is 0.400. The first-order valence-electron chi connectivity index (χ1n) is 9.15. The number of carbonyl (C=O) groups is 1. The Kier molecular flexibility index (Phi) is 5.22. The van der Waals surface area contributed by atoms with Gasteiger partial charge in [0.2, 0.25) is 0 Å². The lowest BCUT2D eigenvalue weighted by molar-refractivity contribution is 0.0184. The maximum Gasteiger partial charge on any atom is 0.319 e. The molecule has 6 heteroatoms. The largest absolute Gasteiger partial charge is 0.333 e. The first-order chi connectivity index (χ1) is 12.7. The highest BCUT2D eigenvalue weighted by Gasteiger charge is 2.42. The number of piperidine rings is 3. The summed E-state index contributed by atoms with van der Waals surface area (Å²) in [5, 5.41) is 6.22. The minimum Gasteiger partial charge on any atom is -0.333 e. The van der Waals surface area contributed by atoms with Gasteiger partial charge in [-0.05, 0) is 74.2 Å². The van der Waals surface area contributed by atoms with Gasteiger partial charge in [0.25, 0.3) is 0 Å². The summed E-state index contributed by atoms with van der Waals surface area (Å²) in [6, 6.07) is 12.1. The zero-order chi connectivity index (χ0) is 17.9. The highest BCUT2D eigenvalue weighted by Crippen LogP contribution is 2.34. The van der Waals surface area contributed by atoms with Crippen molar-refractivity contribution in [1.29, 1.82) is 0 Å². The smallest absolute Gasteiger partial charge is 0.319 e. The average Bonchev–Trinajstić information content (AvgIpc) is 2.67. The number of benzene rings is 1. The molecule has 3 aliphatic heterocycles. The Labute approximate surface area is 162 Å². The molecule has 4 heterocycles. The predicted molar refractivity (Wildman–Crippen MR) is 106 cm³/mol. The molecule has 5 nitrogen and oxygen atoms in total. The normalized spacial score (nSPS) is 27.1. The second kappa shape index (κ2) is 7.76. The van der Waals surface area contributed by atoms with Gasteiger partial charge in [0.15, 0.2) is 0 Å². The van der Waals surface area contributed by atoms with Gasteiger partial charge in [0.1, 0.15) is 0 Å². The molecule has 2 bridgehead atoms. The van der Waals surface area contributed by atoms with Crippen LogP contribution in [0.1, 0.15) is 18.4 Å². The summed E-state index contributed by atoms with van der Waals surface area (Å²) < 4.78 is 0.998. The number of carbonyl (C=O) groups excluding carboxylic acids is 1. The number of pyridine rings is 1. The van der Waals surface area contributed by atoms with Crippen molar-refractivity contribution in [1.82, 2.24) is 15.2 Å². The molecule has 0 aliphatic carbocycles. The number of anilines is 1. The zero-order valence-corrected chi connectivity index (χ0v) is 16.2. The van der Waals surface area contributed by atoms with Crippen LogP contribution in [0.15, 0.2) is 53.3 Å². The summed E-state index contributed by atoms with van der Waals surface area (Å²) in [5.41, 5.74) is 2.03. The first kappa shape index (κ1) is 17.5. The van der Waals surface area contributed by atoms with Crippen molar-refractivity contribution in [2.75, 3.05) is 18.4 Å². The molecule has 1 aromatic heterocycles. The van der Waals surface area contributed by atoms with Crippen molar-refractivity contribution in [2.45, 2.75) is 31.3 Å². The summed E-state index contributed by atoms with van der Waals surface area (Å²) in [4.78, 5) is 19.3. The quantitative estimate of drug-likeness (QED) is 0.801. The van der Waals surface area contributed by atoms with Crippen molar-refractivity contribution in [3.05, 3.63) is 58.8 Å². The molecule has 2 N–H and O–H groups in total. The number of fused-ring (bicyclic) bond motifs is 3. The summed E-state index contributed by atoms with van der Waals surface area (Å²) in [7, 11) is 0. The Bertz CT molecular complexity index is 744. The number of urea groups is 1. The Balaban J connectivity index is 1.45. The third-order valence-electron chi connectivity index (χ3n) is 5.53. The van der Waals surface area contributed by atoms with Crippen LogP contribution < -0.4 is 10.6 Å². The minimum atomic E-state index is -0.123. The molecular formula is C20H23BrN4O. The molecule has 3 saturated heterocycles. The first-order valence-corrected chi connectivity index (χ1v) is 9.94. The van der Waals surface area contributed by atoms with Gasteiger partial charge in [-0.1, -0.05) is 22.0 Å². The van der Waals surface area contributed by atoms with Gasteiger partial charge < -0.3 is 10.6 Å². The molecule has 2 aromatic rings. The number of nitrogens with zero attached hydrogens (tertiary/aromatic N) is 2. The van der Waals surface area contributed by atoms with Crippen LogP contribution in [0.5, 0.6) is 0 Å². The van der Waals surface area contributed by atoms with Gasteiger partial charge in [-0.15, -0.1) is 0 Å². The van der Waals surface area contributed by atoms with Crippen molar-refractivity contribution in [2.24, 2.45) is 5.92 Å². The number of hydrogen-bond donors (Lipinski definition) is 2. The number of rotatable bonds is 4. The lowest BCUT2D eigenvalue weighted by Gasteiger charge is -2.51. The Morgan fingerprint density at radius 2 is 1.96 bits per heavy atom. The molecule has 5 rings (SSSR count). The number of nitrogens with one attached hydrogen (secondary N) is 2. The van der Waals surface area contributed by atoms with E-state index >= 15 is 0 Å². The summed E-state index contributed by atoms with van der Waals surface area (Å²) >= 11 is 3.41. The van der Waals surface area contributed by atoms with Crippen LogP contribution in [-0.2, 0) is 6.42 Å². The molecule has 3 aliphatic rings. The van der Waals surface area contributed by atoms with E-state index < -0.39 is 0 Å². The summed E-state index contributed by atoms with van der Waals surface area (Å²) in [6.45, 7) is 2.25. The van der Waals surface area contributed by atoms with E-state index in [2.05, 4.69) is 42.5 Å². The third-order valence-corrected chi connectivity index (χ3v) is 6.06. The fourth-order valence-electron chi connectivity index (χ4n) is 4.23. The maximum atomic E-state index is 12.6. The number of hydrogen-bond acceptors (Lipinski definition) is 3. The second-order valence-corrected chi connectivity index (χ2v) is 8.05. The molecule has 0 radical (unpaired) electrons. The van der Waals surface area contributed by atoms with E-state index in [0.29, 0.717) is 12.0 Å². The Morgan fingerprint density at radius 3 is 2.65 bits per heavy atom. The average molecular weight is 415 g/mol. The molecule has 0 unspecified atom stereocenters. The van der Waals surface area contributed by atoms with E-state index in [-0.39, 0.29) is 12.1 Å². The van der Waals surface area contributed by atoms with Gasteiger partial charge in [-0.25, -0.2) is 4.79 Å². The lowest BCUT2D eigenvalue weighted by atomic mass is 9.77. The van der Waals surface area contributed by atoms with Crippen LogP contribution in [-0.4, -0.2) is 41.1 Å². The highest BCUT2D eigenvalue weighted by atomic mass is 79.9. The molecule has 26 heavy (non-hydrogen) atoms. The van der Waals surface area contributed by atoms with Crippen molar-refractivity contribution in [3.8, 4) is 0 Å². The van der Waals surface area contributed by atoms with E-state index in [1.54, 1.807) is 6.20 Å². The maximum absolute atomic E-state index is 12.6. The van der Waals surface area contributed by atoms with Crippen molar-refractivity contribution < 1.29 is 4.79 Å². The van der Waals surface area contributed by atoms with Crippen LogP contribution in [0.25, 0.3) is 0 Å². The fourth-order valence-corrected chi connectivity index (χ4v) is 4.50. The minimum absolute atomic E-state index is 0.123. The SMILES string of the molecule is O=C(Nc1ccc(Br)cc1)N[C@H]1C2CCN(CC2)[C@H]1Cc1cccnc1. The van der Waals surface area contributed by atoms with E-state index in [1.165, 1.54) is 5.56 Å². The predicted octanol–water partition coefficient (Wildman–Crippen LogP) is 3.67. The highest BCUT2D eigenvalue weighted by molar-refractivity contribution is 9.10. The monoisotopic (exact) mass is 414 g/mol. The summed E-state index contributed by atoms with van der Waals surface area (Å²) in [6.07, 6.45) is 6.98. The Morgan fingerprint density at radius 1 is 1.19 bits per heavy atom. The Hall–Kier alpha value is -1.92. The molecule has 2 atom stereocenters. The van der Waals surface area contributed by atoms with Gasteiger partial charge >= 0.3 is 6.03 Å². The van der Waals surface area contributed by atoms with E-state index in [9.17, 15) is 4.79 Å². The molecule has 1 aromatic carbocycles. The standard InChI is InChI=1S/C20H23BrN4O/c21-16-3-5-17(6-4-16)23-20(26)24-19-15-7-10-25(11-8-15)18(19)12-14-2-1-9-22-13-14/h1-6,9,13,15,18-19H,7-8,10-12H2,(H2,23,24,26)/t18-,19-/m0/s1. The topological polar surface area (TPSA) is 57.3 Å². The molecular weight excluding hydrogens is 392 g/mol. The van der Waals surface area contributed by atoms with Crippen LogP contribution in [0.4, 0.5) is 10.5 Å². The number of aromatic nitrogens is 1. The molecule has 2 amide bonds. The van der Waals surface area contributed by atoms with E-state index in [0.717, 1.165) is 42.5 Å². The number of amides is 2. The summed E-state index contributed by atoms with van der Waals surface area (Å²) in [5.74, 6) is 0.553. The number of halogens is 1. The molecule has 0 saturated carbocycles. The van der Waals surface area contributed by atoms with Crippen LogP contribution in [0.3, 0.4) is 0 Å². The van der Waals surface area contributed by atoms with E-state index in [1.807, 2.05) is 36.5 Å². The van der Waals surface area contributed by atoms with Gasteiger partial charge in [-0.3, -0.25) is 9.88 Å². The lowest BCUT2D eigenvalue weighted by Crippen LogP contribution is -2.64. The van der Waals surface area contributed by atoms with Crippen LogP contribution >= 0.6 is 15.9 Å². The van der Waals surface area contributed by atoms with Crippen LogP contribution in [0, 0.1) is 5.92 Å². The van der Waals surface area contributed by atoms with E-state index in [4.69, 9.17) is 0 Å². The molecule has 0 spiro atoms. The zero-order valence-electron chi connectivity index (χ0n) is 14.6. The van der Waals surface area contributed by atoms with Gasteiger partial charge in [0, 0.05) is 34.6 Å². The second-order valence-electron chi connectivity index (χ2n) is 7.14. The molecule has 3 fully saturated rings. The van der Waals surface area contributed by atoms with Crippen molar-refractivity contribution in [3.63, 3.8) is 0 Å². The molecule has 136 valence electrons. The third kappa shape index (κ3) is 3.91.